The minimum absolute atomic E-state index is 0.159. The van der Waals surface area contributed by atoms with Gasteiger partial charge in [0, 0.05) is 0 Å². The summed E-state index contributed by atoms with van der Waals surface area (Å²) in [6.07, 6.45) is -13.9. The van der Waals surface area contributed by atoms with Crippen LogP contribution in [0.15, 0.2) is 0 Å². The number of halogens is 14. The predicted octanol–water partition coefficient (Wildman–Crippen LogP) is 36.6. The highest BCUT2D eigenvalue weighted by atomic mass is 19.4. The third kappa shape index (κ3) is 2.85. The molecule has 0 nitrogen and oxygen atoms in total. The van der Waals surface area contributed by atoms with Crippen molar-refractivity contribution in [3.8, 4) is 0 Å². The van der Waals surface area contributed by atoms with Gasteiger partial charge in [-0.3, -0.25) is 0 Å². The van der Waals surface area contributed by atoms with Gasteiger partial charge in [-0.05, 0) is 627 Å². The molecule has 4 atom stereocenters. The van der Waals surface area contributed by atoms with Crippen LogP contribution in [0.25, 0.3) is 560 Å². The normalized spacial score (nSPS) is 22.8. The summed E-state index contributed by atoms with van der Waals surface area (Å²) in [4.78, 5) is 0. The summed E-state index contributed by atoms with van der Waals surface area (Å²) in [6, 6.07) is 0. The molecular weight excluding hydrogens is 1780 g/mol. The van der Waals surface area contributed by atoms with Crippen LogP contribution >= 0.6 is 0 Å². The molecule has 0 heterocycles. The van der Waals surface area contributed by atoms with Gasteiger partial charge < -0.3 is 0 Å². The van der Waals surface area contributed by atoms with Crippen LogP contribution < -0.4 is 0 Å². The van der Waals surface area contributed by atoms with Crippen molar-refractivity contribution in [1.29, 1.82) is 0 Å². The molecule has 10 aliphatic rings. The van der Waals surface area contributed by atoms with Gasteiger partial charge in [0.25, 0.3) is 0 Å². The molecule has 54 aromatic rings. The van der Waals surface area contributed by atoms with E-state index in [0.29, 0.717) is 108 Å². The standard InChI is InChI=1S/C126F14/c127-121(128,123(131,132)125(135,136)137)119-107-91-73-59-33-19-7-5-9-1-3-11(7)29(33)41-37-15(3)21-13(1)35-39-27(9)31-17(5)23-25(19)47-61-45(23)63-57(31)71-67(39)75-49(35)53-43(21)55-51(37)77(69(41)73)99(107)103-81(55)79(53)101-97(75)105-89(71)83(63)93-87(61)95(85(91)65(47)59)113(119)109(93)117(105,111(101)115(103)119)118-106-90-72-58-32-18-6-8-12-4-2-10(6)28(32)40-36-14(2)22-16(4)38-42-30(12)34-20(8)26-24(18)46-62-48(26)66-60(34)74-70(42)78-52(38)56-44(22)54-50(36)76(68(40)72)98(106)102-80(54)82(56)104-100(78)108-92(74)86(66)96-88(62)94(84(90)64(46)58)110(118)114(96)120(108,116(104)112(102)118)122(129,130)124(133,134)126(138,139)140. The summed E-state index contributed by atoms with van der Waals surface area (Å²) >= 11 is 0. The number of hydrogen-bond donors (Lipinski definition) is 0. The first-order valence-corrected chi connectivity index (χ1v) is 49.4. The molecule has 0 spiro atoms. The molecule has 602 valence electrons. The average molecular weight is 1780 g/mol. The van der Waals surface area contributed by atoms with Crippen LogP contribution in [0.5, 0.6) is 0 Å². The average Bonchev–Trinajstić information content (AvgIpc) is 1.37. The van der Waals surface area contributed by atoms with Crippen molar-refractivity contribution in [2.45, 2.75) is 57.7 Å². The van der Waals surface area contributed by atoms with E-state index in [1.54, 1.807) is 0 Å². The first-order chi connectivity index (χ1) is 68.2. The molecule has 0 fully saturated rings. The third-order valence-corrected chi connectivity index (χ3v) is 49.5. The Balaban J connectivity index is 0.775. The lowest BCUT2D eigenvalue weighted by Gasteiger charge is -2.62. The molecule has 0 saturated carbocycles. The Labute approximate surface area is 741 Å². The van der Waals surface area contributed by atoms with E-state index >= 15 is 61.5 Å². The van der Waals surface area contributed by atoms with Crippen molar-refractivity contribution in [1.82, 2.24) is 0 Å². The van der Waals surface area contributed by atoms with Crippen LogP contribution in [0.3, 0.4) is 0 Å². The van der Waals surface area contributed by atoms with Gasteiger partial charge in [0.2, 0.25) is 0 Å². The number of alkyl halides is 14. The molecule has 0 amide bonds. The maximum Gasteiger partial charge on any atom is 0.459 e. The zero-order valence-electron chi connectivity index (χ0n) is 68.3. The second-order valence-electron chi connectivity index (χ2n) is 49.8. The van der Waals surface area contributed by atoms with E-state index in [0.717, 1.165) is 355 Å². The van der Waals surface area contributed by atoms with E-state index in [9.17, 15) is 0 Å². The Morgan fingerprint density at radius 1 is 0.0857 bits per heavy atom. The first-order valence-electron chi connectivity index (χ1n) is 49.4. The van der Waals surface area contributed by atoms with Gasteiger partial charge in [-0.15, -0.1) is 0 Å². The van der Waals surface area contributed by atoms with Crippen LogP contribution in [0.2, 0.25) is 0 Å². The molecule has 0 aliphatic heterocycles. The molecule has 0 saturated heterocycles. The van der Waals surface area contributed by atoms with Crippen LogP contribution in [-0.2, 0) is 21.7 Å². The van der Waals surface area contributed by atoms with Gasteiger partial charge >= 0.3 is 36.0 Å². The van der Waals surface area contributed by atoms with E-state index in [2.05, 4.69) is 0 Å². The van der Waals surface area contributed by atoms with Crippen molar-refractivity contribution in [2.24, 2.45) is 0 Å². The quantitative estimate of drug-likeness (QED) is 0.119. The highest BCUT2D eigenvalue weighted by Gasteiger charge is 2.90. The van der Waals surface area contributed by atoms with Gasteiger partial charge in [-0.2, -0.15) is 61.5 Å². The van der Waals surface area contributed by atoms with Crippen molar-refractivity contribution < 1.29 is 61.5 Å². The summed E-state index contributed by atoms with van der Waals surface area (Å²) in [5, 5.41) is 90.2. The van der Waals surface area contributed by atoms with Crippen molar-refractivity contribution in [3.63, 3.8) is 0 Å². The van der Waals surface area contributed by atoms with Gasteiger partial charge in [-0.25, -0.2) is 0 Å². The SMILES string of the molecule is FC(F)(F)C(F)(F)C(F)(F)C12c3c4c5c6c7c8c9c%10c(c1c1c%11c2c2c%12c3c5c3c5c6c6c7c7c9c9c%13c%10c1c1c%10c%11c%11c2c2c%12c3c3c5c5c6c6c7c9c7c(c%131)c1c%10c%11c9c2c3c2c9c1c7c6c52)C48C12c3c4c5c6c7c8c9c%10c(c1c1c%11c2c2c%12c3c5c3c5c%12c%12c2c2c%11c%11c%13c1c%10c1c%10c9c9c7c7c6c3c3c5c5c%12c6c2c%11c2c(c%131)c1c%10c9c9c7c3c3c9c1c2c6c53)C48C(F)(F)C(F)(F)C(F)(F)F. The number of rotatable bonds is 5. The Hall–Kier alpha value is -16.1. The lowest BCUT2D eigenvalue weighted by Crippen LogP contribution is -2.68. The molecule has 14 heteroatoms. The topological polar surface area (TPSA) is 0 Å². The Morgan fingerprint density at radius 2 is 0.164 bits per heavy atom. The maximum absolute atomic E-state index is 22.8. The summed E-state index contributed by atoms with van der Waals surface area (Å²) in [5.74, 6) is -26.1. The number of hydrogen-bond acceptors (Lipinski definition) is 0. The summed E-state index contributed by atoms with van der Waals surface area (Å²) < 4.78 is 280. The largest absolute Gasteiger partial charge is 0.459 e. The lowest BCUT2D eigenvalue weighted by atomic mass is 9.38. The molecular formula is C126F14. The fourth-order valence-corrected chi connectivity index (χ4v) is 49.4. The second-order valence-corrected chi connectivity index (χ2v) is 49.8. The lowest BCUT2D eigenvalue weighted by molar-refractivity contribution is -0.364. The molecule has 0 N–H and O–H groups in total. The van der Waals surface area contributed by atoms with Crippen LogP contribution in [0.4, 0.5) is 61.5 Å². The van der Waals surface area contributed by atoms with Crippen LogP contribution in [-0.4, -0.2) is 36.0 Å². The predicted molar refractivity (Wildman–Crippen MR) is 536 cm³/mol. The van der Waals surface area contributed by atoms with Gasteiger partial charge in [0.1, 0.15) is 10.8 Å². The summed E-state index contributed by atoms with van der Waals surface area (Å²) in [7, 11) is 0. The highest BCUT2D eigenvalue weighted by Crippen LogP contribution is 2.96. The van der Waals surface area contributed by atoms with E-state index in [1.165, 1.54) is 75.4 Å². The summed E-state index contributed by atoms with van der Waals surface area (Å²) in [6.45, 7) is 0. The van der Waals surface area contributed by atoms with E-state index in [1.807, 2.05) is 0 Å². The van der Waals surface area contributed by atoms with Crippen LogP contribution in [0, 0.1) is 0 Å². The molecule has 64 rings (SSSR count). The van der Waals surface area contributed by atoms with E-state index in [-0.39, 0.29) is 88.0 Å². The van der Waals surface area contributed by atoms with E-state index in [4.69, 9.17) is 0 Å². The van der Waals surface area contributed by atoms with Crippen molar-refractivity contribution >= 4 is 560 Å². The minimum Gasteiger partial charge on any atom is -0.198 e. The zero-order chi connectivity index (χ0) is 86.0. The fourth-order valence-electron chi connectivity index (χ4n) is 49.4. The van der Waals surface area contributed by atoms with Gasteiger partial charge in [0.05, 0.1) is 10.8 Å². The first kappa shape index (κ1) is 54.8. The van der Waals surface area contributed by atoms with E-state index < -0.39 is 57.7 Å². The molecule has 0 aromatic heterocycles. The van der Waals surface area contributed by atoms with Gasteiger partial charge in [0.15, 0.2) is 0 Å². The fraction of sp³-hybridized carbons (Fsp3) is 0.0794. The molecule has 54 aromatic carbocycles. The Bertz CT molecular complexity index is 15600. The Morgan fingerprint density at radius 3 is 0.300 bits per heavy atom. The smallest absolute Gasteiger partial charge is 0.198 e. The highest BCUT2D eigenvalue weighted by molar-refractivity contribution is 6.87. The third-order valence-electron chi connectivity index (χ3n) is 49.5. The van der Waals surface area contributed by atoms with Crippen molar-refractivity contribution in [3.05, 3.63) is 66.8 Å². The molecule has 0 radical (unpaired) electrons. The number of benzene rings is 34. The molecule has 140 heavy (non-hydrogen) atoms. The monoisotopic (exact) mass is 1780 g/mol. The summed E-state index contributed by atoms with van der Waals surface area (Å²) in [5.41, 5.74) is -12.1. The minimum atomic E-state index is -6.93. The van der Waals surface area contributed by atoms with Gasteiger partial charge in [-0.1, -0.05) is 0 Å². The molecule has 10 aliphatic carbocycles. The Kier molecular flexibility index (Phi) is 4.66. The second kappa shape index (κ2) is 11.9. The zero-order valence-corrected chi connectivity index (χ0v) is 68.3. The molecule has 0 bridgehead atoms. The van der Waals surface area contributed by atoms with Crippen LogP contribution in [0.1, 0.15) is 66.8 Å². The molecule has 4 unspecified atom stereocenters. The van der Waals surface area contributed by atoms with Crippen molar-refractivity contribution in [2.75, 3.05) is 0 Å². The maximum atomic E-state index is 22.8.